The Bertz CT molecular complexity index is 855. The summed E-state index contributed by atoms with van der Waals surface area (Å²) in [5.41, 5.74) is 2.14. The number of hydrogen-bond donors (Lipinski definition) is 0. The van der Waals surface area contributed by atoms with Crippen molar-refractivity contribution < 1.29 is 33.2 Å². The zero-order valence-electron chi connectivity index (χ0n) is 16.1. The molecule has 0 unspecified atom stereocenters. The van der Waals surface area contributed by atoms with Gasteiger partial charge in [0, 0.05) is 26.8 Å². The molecule has 0 aliphatic rings. The van der Waals surface area contributed by atoms with Crippen molar-refractivity contribution in [2.24, 2.45) is 0 Å². The number of rotatable bonds is 8. The maximum Gasteiger partial charge on any atom is 0.338 e. The van der Waals surface area contributed by atoms with Gasteiger partial charge < -0.3 is 14.2 Å². The summed E-state index contributed by atoms with van der Waals surface area (Å²) in [6, 6.07) is 5.31. The van der Waals surface area contributed by atoms with E-state index in [1.165, 1.54) is 13.8 Å². The summed E-state index contributed by atoms with van der Waals surface area (Å²) in [7, 11) is 0. The number of esters is 3. The minimum Gasteiger partial charge on any atom is -0.462 e. The van der Waals surface area contributed by atoms with Gasteiger partial charge in [0.15, 0.2) is 11.0 Å². The number of hydrogen-bond acceptors (Lipinski definition) is 6. The third-order valence-corrected chi connectivity index (χ3v) is 4.09. The Hall–Kier alpha value is -2.90. The molecule has 0 fully saturated rings. The van der Waals surface area contributed by atoms with E-state index in [-0.39, 0.29) is 25.2 Å². The maximum absolute atomic E-state index is 12.1. The van der Waals surface area contributed by atoms with Gasteiger partial charge in [-0.15, -0.1) is 0 Å². The molecule has 146 valence electrons. The molecule has 0 amide bonds. The third kappa shape index (κ3) is 5.06. The topological polar surface area (TPSA) is 87.7 Å². The van der Waals surface area contributed by atoms with Crippen LogP contribution in [0, 0.1) is 6.92 Å². The molecule has 1 heterocycles. The summed E-state index contributed by atoms with van der Waals surface area (Å²) >= 11 is 0. The van der Waals surface area contributed by atoms with Gasteiger partial charge in [-0.2, -0.15) is 0 Å². The van der Waals surface area contributed by atoms with Gasteiger partial charge in [-0.3, -0.25) is 9.59 Å². The molecule has 2 rings (SSSR count). The van der Waals surface area contributed by atoms with Crippen molar-refractivity contribution in [3.05, 3.63) is 29.6 Å². The van der Waals surface area contributed by atoms with Gasteiger partial charge in [-0.1, -0.05) is 0 Å². The van der Waals surface area contributed by atoms with E-state index in [1.54, 1.807) is 19.1 Å². The number of carbonyl (C=O) groups is 3. The highest BCUT2D eigenvalue weighted by molar-refractivity contribution is 5.93. The minimum atomic E-state index is -0.392. The first kappa shape index (κ1) is 20.4. The molecule has 0 atom stereocenters. The molecule has 0 radical (unpaired) electrons. The maximum atomic E-state index is 12.1. The summed E-state index contributed by atoms with van der Waals surface area (Å²) in [5.74, 6) is -0.183. The molecule has 8 heteroatoms. The largest absolute Gasteiger partial charge is 0.462 e. The Morgan fingerprint density at radius 1 is 1.04 bits per heavy atom. The highest BCUT2D eigenvalue weighted by Gasteiger charge is 2.23. The van der Waals surface area contributed by atoms with Crippen molar-refractivity contribution in [2.75, 3.05) is 19.8 Å². The van der Waals surface area contributed by atoms with E-state index in [9.17, 15) is 14.4 Å². The number of benzene rings is 1. The second-order valence-corrected chi connectivity index (χ2v) is 5.95. The molecule has 27 heavy (non-hydrogen) atoms. The number of aromatic nitrogens is 2. The van der Waals surface area contributed by atoms with Crippen LogP contribution in [0.5, 0.6) is 0 Å². The first-order valence-corrected chi connectivity index (χ1v) is 8.81. The highest BCUT2D eigenvalue weighted by atomic mass is 16.5. The molecular weight excluding hydrogens is 352 g/mol. The van der Waals surface area contributed by atoms with E-state index in [0.717, 1.165) is 16.9 Å². The lowest BCUT2D eigenvalue weighted by Gasteiger charge is -2.03. The van der Waals surface area contributed by atoms with E-state index in [4.69, 9.17) is 14.2 Å². The molecule has 1 aromatic carbocycles. The smallest absolute Gasteiger partial charge is 0.338 e. The summed E-state index contributed by atoms with van der Waals surface area (Å²) in [4.78, 5) is 34.2. The molecule has 0 bridgehead atoms. The molecule has 0 aliphatic heterocycles. The predicted octanol–water partition coefficient (Wildman–Crippen LogP) is 1.54. The summed E-state index contributed by atoms with van der Waals surface area (Å²) in [5, 5.41) is 0. The lowest BCUT2D eigenvalue weighted by atomic mass is 10.2. The van der Waals surface area contributed by atoms with Crippen molar-refractivity contribution in [3.63, 3.8) is 0 Å². The van der Waals surface area contributed by atoms with Crippen LogP contribution in [0.3, 0.4) is 0 Å². The fourth-order valence-electron chi connectivity index (χ4n) is 2.93. The van der Waals surface area contributed by atoms with Crippen molar-refractivity contribution in [1.29, 1.82) is 0 Å². The average molecular weight is 377 g/mol. The summed E-state index contributed by atoms with van der Waals surface area (Å²) < 4.78 is 19.2. The van der Waals surface area contributed by atoms with E-state index < -0.39 is 5.97 Å². The Balaban J connectivity index is 2.41. The number of nitrogens with zero attached hydrogens (tertiary/aromatic N) is 2. The second-order valence-electron chi connectivity index (χ2n) is 5.95. The molecule has 0 saturated heterocycles. The molecule has 0 saturated carbocycles. The lowest BCUT2D eigenvalue weighted by molar-refractivity contribution is -0.679. The van der Waals surface area contributed by atoms with Gasteiger partial charge in [-0.25, -0.2) is 13.9 Å². The highest BCUT2D eigenvalue weighted by Crippen LogP contribution is 2.18. The number of ether oxygens (including phenoxy) is 3. The van der Waals surface area contributed by atoms with Crippen molar-refractivity contribution in [2.45, 2.75) is 40.8 Å². The van der Waals surface area contributed by atoms with Crippen LogP contribution in [0.1, 0.15) is 37.0 Å². The first-order valence-electron chi connectivity index (χ1n) is 8.81. The van der Waals surface area contributed by atoms with Crippen LogP contribution in [-0.4, -0.2) is 42.3 Å². The standard InChI is InChI=1S/C19H25N2O6/c1-5-25-19(24)16-6-7-17-18(12-16)21(9-11-27-15(4)23)13(2)20(17)8-10-26-14(3)22/h6-7,12H,5,8-11H2,1-4H3/q+1. The van der Waals surface area contributed by atoms with E-state index in [2.05, 4.69) is 0 Å². The quantitative estimate of drug-likeness (QED) is 0.394. The van der Waals surface area contributed by atoms with Crippen LogP contribution in [0.4, 0.5) is 0 Å². The molecule has 1 aromatic heterocycles. The Morgan fingerprint density at radius 2 is 1.70 bits per heavy atom. The third-order valence-electron chi connectivity index (χ3n) is 4.09. The van der Waals surface area contributed by atoms with Crippen LogP contribution in [-0.2, 0) is 36.9 Å². The Morgan fingerprint density at radius 3 is 2.33 bits per heavy atom. The molecule has 2 aromatic rings. The van der Waals surface area contributed by atoms with Gasteiger partial charge in [0.1, 0.15) is 26.3 Å². The molecule has 8 nitrogen and oxygen atoms in total. The van der Waals surface area contributed by atoms with E-state index in [1.807, 2.05) is 22.1 Å². The number of fused-ring (bicyclic) bond motifs is 1. The van der Waals surface area contributed by atoms with Crippen LogP contribution >= 0.6 is 0 Å². The van der Waals surface area contributed by atoms with E-state index >= 15 is 0 Å². The van der Waals surface area contributed by atoms with Gasteiger partial charge in [0.2, 0.25) is 0 Å². The van der Waals surface area contributed by atoms with Gasteiger partial charge >= 0.3 is 17.9 Å². The Kier molecular flexibility index (Phi) is 6.92. The normalized spacial score (nSPS) is 10.7. The summed E-state index contributed by atoms with van der Waals surface area (Å²) in [6.45, 7) is 8.07. The van der Waals surface area contributed by atoms with Crippen molar-refractivity contribution >= 4 is 28.9 Å². The number of carbonyl (C=O) groups excluding carboxylic acids is 3. The molecule has 0 aliphatic carbocycles. The van der Waals surface area contributed by atoms with Gasteiger partial charge in [0.05, 0.1) is 12.2 Å². The average Bonchev–Trinajstić information content (AvgIpc) is 2.86. The van der Waals surface area contributed by atoms with Crippen LogP contribution in [0.15, 0.2) is 18.2 Å². The van der Waals surface area contributed by atoms with E-state index in [0.29, 0.717) is 25.3 Å². The van der Waals surface area contributed by atoms with Crippen molar-refractivity contribution in [3.8, 4) is 0 Å². The van der Waals surface area contributed by atoms with Gasteiger partial charge in [0.25, 0.3) is 5.82 Å². The van der Waals surface area contributed by atoms with Crippen molar-refractivity contribution in [1.82, 2.24) is 4.57 Å². The van der Waals surface area contributed by atoms with Crippen LogP contribution in [0.25, 0.3) is 11.0 Å². The van der Waals surface area contributed by atoms with Gasteiger partial charge in [-0.05, 0) is 19.1 Å². The summed E-state index contributed by atoms with van der Waals surface area (Å²) in [6.07, 6.45) is 0. The Labute approximate surface area is 157 Å². The SMILES string of the molecule is CCOC(=O)c1ccc2c(c1)n(CCOC(C)=O)c(C)[n+]2CCOC(C)=O. The fraction of sp³-hybridized carbons (Fsp3) is 0.474. The zero-order valence-corrected chi connectivity index (χ0v) is 16.1. The monoisotopic (exact) mass is 377 g/mol. The minimum absolute atomic E-state index is 0.216. The molecule has 0 spiro atoms. The lowest BCUT2D eigenvalue weighted by Crippen LogP contribution is -2.39. The van der Waals surface area contributed by atoms with Crippen LogP contribution < -0.4 is 4.57 Å². The predicted molar refractivity (Wildman–Crippen MR) is 96.1 cm³/mol. The fourth-order valence-corrected chi connectivity index (χ4v) is 2.93. The zero-order chi connectivity index (χ0) is 20.0. The van der Waals surface area contributed by atoms with Crippen LogP contribution in [0.2, 0.25) is 0 Å². The number of imidazole rings is 1. The molecular formula is C19H25N2O6+. The second kappa shape index (κ2) is 9.16. The molecule has 0 N–H and O–H groups in total. The first-order chi connectivity index (χ1) is 12.8.